The smallest absolute Gasteiger partial charge is 0.140 e. The van der Waals surface area contributed by atoms with Crippen molar-refractivity contribution in [2.45, 2.75) is 59.4 Å². The van der Waals surface area contributed by atoms with Crippen molar-refractivity contribution in [1.82, 2.24) is 9.78 Å². The maximum Gasteiger partial charge on any atom is 0.140 e. The molecule has 1 aromatic heterocycles. The van der Waals surface area contributed by atoms with Crippen molar-refractivity contribution in [2.24, 2.45) is 18.2 Å². The van der Waals surface area contributed by atoms with Crippen molar-refractivity contribution in [3.63, 3.8) is 0 Å². The van der Waals surface area contributed by atoms with Crippen LogP contribution in [-0.4, -0.2) is 21.6 Å². The number of carbonyl (C=O) groups excluding carboxylic acids is 1. The molecule has 0 saturated heterocycles. The highest BCUT2D eigenvalue weighted by Gasteiger charge is 2.20. The molecule has 0 bridgehead atoms. The zero-order valence-electron chi connectivity index (χ0n) is 13.2. The van der Waals surface area contributed by atoms with Gasteiger partial charge in [0.05, 0.1) is 16.4 Å². The number of carbonyl (C=O) groups is 1. The monoisotopic (exact) mass is 299 g/mol. The topological polar surface area (TPSA) is 60.9 Å². The third-order valence-corrected chi connectivity index (χ3v) is 3.67. The first kappa shape index (κ1) is 17.2. The number of nitrogens with zero attached hydrogens (tertiary/aromatic N) is 2. The second-order valence-corrected chi connectivity index (χ2v) is 7.01. The summed E-state index contributed by atoms with van der Waals surface area (Å²) in [5.41, 5.74) is 7.82. The van der Waals surface area contributed by atoms with E-state index in [1.807, 2.05) is 14.0 Å². The average molecular weight is 300 g/mol. The highest BCUT2D eigenvalue weighted by Crippen LogP contribution is 2.24. The number of Topliss-reactive ketones (excluding diaryl/α,β-unsaturated/α-hetero) is 1. The molecule has 0 fully saturated rings. The predicted octanol–water partition coefficient (Wildman–Crippen LogP) is 2.90. The molecule has 0 aromatic carbocycles. The van der Waals surface area contributed by atoms with Crippen molar-refractivity contribution in [2.75, 3.05) is 0 Å². The van der Waals surface area contributed by atoms with E-state index >= 15 is 0 Å². The number of ketones is 1. The highest BCUT2D eigenvalue weighted by atomic mass is 35.5. The Morgan fingerprint density at radius 1 is 1.45 bits per heavy atom. The van der Waals surface area contributed by atoms with Gasteiger partial charge in [0.1, 0.15) is 5.78 Å². The maximum atomic E-state index is 12.1. The Morgan fingerprint density at radius 2 is 2.05 bits per heavy atom. The van der Waals surface area contributed by atoms with Gasteiger partial charge in [0.15, 0.2) is 0 Å². The summed E-state index contributed by atoms with van der Waals surface area (Å²) in [5, 5.41) is 4.94. The summed E-state index contributed by atoms with van der Waals surface area (Å²) in [5.74, 6) is 0.120. The minimum absolute atomic E-state index is 0.0971. The molecule has 114 valence electrons. The van der Waals surface area contributed by atoms with Gasteiger partial charge in [-0.2, -0.15) is 5.10 Å². The van der Waals surface area contributed by atoms with E-state index in [1.54, 1.807) is 4.68 Å². The third-order valence-electron chi connectivity index (χ3n) is 3.23. The quantitative estimate of drug-likeness (QED) is 0.878. The molecule has 4 nitrogen and oxygen atoms in total. The molecule has 0 amide bonds. The summed E-state index contributed by atoms with van der Waals surface area (Å²) in [4.78, 5) is 12.1. The van der Waals surface area contributed by atoms with Gasteiger partial charge in [0.2, 0.25) is 0 Å². The Balaban J connectivity index is 2.65. The molecule has 0 radical (unpaired) electrons. The lowest BCUT2D eigenvalue weighted by Gasteiger charge is -2.22. The maximum absolute atomic E-state index is 12.1. The zero-order valence-corrected chi connectivity index (χ0v) is 13.9. The molecule has 0 saturated carbocycles. The molecule has 1 heterocycles. The third kappa shape index (κ3) is 4.91. The number of nitrogens with two attached hydrogens (primary N) is 1. The second-order valence-electron chi connectivity index (χ2n) is 6.63. The van der Waals surface area contributed by atoms with E-state index in [2.05, 4.69) is 25.9 Å². The lowest BCUT2D eigenvalue weighted by Crippen LogP contribution is -2.29. The van der Waals surface area contributed by atoms with E-state index in [0.717, 1.165) is 24.2 Å². The SMILES string of the molecule is CCc1nn(C)c(CC(=O)CC(N)CC(C)(C)C)c1Cl. The van der Waals surface area contributed by atoms with Gasteiger partial charge in [-0.1, -0.05) is 39.3 Å². The molecule has 1 rings (SSSR count). The fourth-order valence-electron chi connectivity index (χ4n) is 2.42. The standard InChI is InChI=1S/C15H26ClN3O/c1-6-12-14(16)13(19(5)18-12)8-11(20)7-10(17)9-15(2,3)4/h10H,6-9,17H2,1-5H3. The molecule has 20 heavy (non-hydrogen) atoms. The van der Waals surface area contributed by atoms with Gasteiger partial charge in [0.25, 0.3) is 0 Å². The Hall–Kier alpha value is -0.870. The van der Waals surface area contributed by atoms with Crippen LogP contribution in [-0.2, 0) is 24.7 Å². The summed E-state index contributed by atoms with van der Waals surface area (Å²) >= 11 is 6.25. The first-order valence-corrected chi connectivity index (χ1v) is 7.49. The Kier molecular flexibility index (Phi) is 5.78. The molecule has 2 N–H and O–H groups in total. The summed E-state index contributed by atoms with van der Waals surface area (Å²) in [6.45, 7) is 8.38. The van der Waals surface area contributed by atoms with Crippen LogP contribution in [0.1, 0.15) is 51.9 Å². The number of rotatable bonds is 6. The Labute approximate surface area is 126 Å². The molecular formula is C15H26ClN3O. The summed E-state index contributed by atoms with van der Waals surface area (Å²) in [7, 11) is 1.82. The minimum atomic E-state index is -0.0971. The van der Waals surface area contributed by atoms with Gasteiger partial charge in [-0.25, -0.2) is 0 Å². The van der Waals surface area contributed by atoms with Crippen molar-refractivity contribution >= 4 is 17.4 Å². The number of aryl methyl sites for hydroxylation is 2. The van der Waals surface area contributed by atoms with Crippen LogP contribution >= 0.6 is 11.6 Å². The molecule has 5 heteroatoms. The molecular weight excluding hydrogens is 274 g/mol. The van der Waals surface area contributed by atoms with Crippen LogP contribution in [0.4, 0.5) is 0 Å². The van der Waals surface area contributed by atoms with E-state index in [0.29, 0.717) is 17.9 Å². The van der Waals surface area contributed by atoms with Gasteiger partial charge in [0, 0.05) is 25.9 Å². The number of hydrogen-bond acceptors (Lipinski definition) is 3. The fraction of sp³-hybridized carbons (Fsp3) is 0.733. The van der Waals surface area contributed by atoms with E-state index in [1.165, 1.54) is 0 Å². The molecule has 0 spiro atoms. The second kappa shape index (κ2) is 6.72. The average Bonchev–Trinajstić information content (AvgIpc) is 2.53. The first-order chi connectivity index (χ1) is 9.14. The van der Waals surface area contributed by atoms with E-state index in [9.17, 15) is 4.79 Å². The molecule has 1 unspecified atom stereocenters. The van der Waals surface area contributed by atoms with Crippen molar-refractivity contribution < 1.29 is 4.79 Å². The van der Waals surface area contributed by atoms with Gasteiger partial charge >= 0.3 is 0 Å². The number of halogens is 1. The van der Waals surface area contributed by atoms with Crippen LogP contribution in [0.5, 0.6) is 0 Å². The zero-order chi connectivity index (χ0) is 15.5. The molecule has 0 aliphatic heterocycles. The van der Waals surface area contributed by atoms with E-state index in [4.69, 9.17) is 17.3 Å². The first-order valence-electron chi connectivity index (χ1n) is 7.11. The van der Waals surface area contributed by atoms with Gasteiger partial charge in [-0.15, -0.1) is 0 Å². The lowest BCUT2D eigenvalue weighted by atomic mass is 9.86. The Bertz CT molecular complexity index is 474. The van der Waals surface area contributed by atoms with Crippen LogP contribution in [0, 0.1) is 5.41 Å². The molecule has 0 aliphatic carbocycles. The van der Waals surface area contributed by atoms with Crippen molar-refractivity contribution in [1.29, 1.82) is 0 Å². The van der Waals surface area contributed by atoms with Crippen LogP contribution in [0.2, 0.25) is 5.02 Å². The summed E-state index contributed by atoms with van der Waals surface area (Å²) in [6, 6.07) is -0.0971. The summed E-state index contributed by atoms with van der Waals surface area (Å²) < 4.78 is 1.70. The fourth-order valence-corrected chi connectivity index (χ4v) is 2.78. The van der Waals surface area contributed by atoms with E-state index in [-0.39, 0.29) is 17.2 Å². The van der Waals surface area contributed by atoms with Crippen LogP contribution < -0.4 is 5.73 Å². The van der Waals surface area contributed by atoms with Gasteiger partial charge in [-0.3, -0.25) is 9.48 Å². The minimum Gasteiger partial charge on any atom is -0.327 e. The highest BCUT2D eigenvalue weighted by molar-refractivity contribution is 6.32. The largest absolute Gasteiger partial charge is 0.327 e. The van der Waals surface area contributed by atoms with Gasteiger partial charge in [-0.05, 0) is 18.3 Å². The molecule has 1 atom stereocenters. The lowest BCUT2D eigenvalue weighted by molar-refractivity contribution is -0.118. The number of hydrogen-bond donors (Lipinski definition) is 1. The molecule has 1 aromatic rings. The van der Waals surface area contributed by atoms with Crippen LogP contribution in [0.25, 0.3) is 0 Å². The van der Waals surface area contributed by atoms with Crippen molar-refractivity contribution in [3.8, 4) is 0 Å². The Morgan fingerprint density at radius 3 is 2.50 bits per heavy atom. The predicted molar refractivity (Wildman–Crippen MR) is 83.0 cm³/mol. The summed E-state index contributed by atoms with van der Waals surface area (Å²) in [6.07, 6.45) is 2.29. The van der Waals surface area contributed by atoms with Crippen LogP contribution in [0.15, 0.2) is 0 Å². The van der Waals surface area contributed by atoms with Crippen LogP contribution in [0.3, 0.4) is 0 Å². The number of aromatic nitrogens is 2. The van der Waals surface area contributed by atoms with E-state index < -0.39 is 0 Å². The van der Waals surface area contributed by atoms with Gasteiger partial charge < -0.3 is 5.73 Å². The molecule has 0 aliphatic rings. The normalized spacial score (nSPS) is 13.6. The van der Waals surface area contributed by atoms with Crippen molar-refractivity contribution in [3.05, 3.63) is 16.4 Å².